The molecule has 1 saturated heterocycles. The summed E-state index contributed by atoms with van der Waals surface area (Å²) < 4.78 is 10.6. The predicted octanol–water partition coefficient (Wildman–Crippen LogP) is 2.12. The van der Waals surface area contributed by atoms with E-state index in [-0.39, 0.29) is 29.7 Å². The number of aromatic amines is 1. The van der Waals surface area contributed by atoms with Crippen molar-refractivity contribution in [2.24, 2.45) is 0 Å². The van der Waals surface area contributed by atoms with Crippen LogP contribution in [0.25, 0.3) is 0 Å². The molecule has 1 aliphatic heterocycles. The van der Waals surface area contributed by atoms with E-state index in [2.05, 4.69) is 15.1 Å². The molecule has 0 spiro atoms. The normalized spacial score (nSPS) is 21.7. The van der Waals surface area contributed by atoms with Crippen LogP contribution in [-0.2, 0) is 4.74 Å². The average molecular weight is 304 g/mol. The van der Waals surface area contributed by atoms with Crippen LogP contribution in [0.1, 0.15) is 54.3 Å². The minimum absolute atomic E-state index is 0.00783. The van der Waals surface area contributed by atoms with E-state index in [1.807, 2.05) is 13.8 Å². The standard InChI is InChI=1S/C15H20N4O3/c1-9(2)11-7-13(22-18-11)15(20)19-8-10(21-3)6-12(19)14-16-4-5-17-14/h4-5,7,9-10,12H,6,8H2,1-3H3,(H,16,17)/t10-,12+/m1/s1. The molecule has 0 aliphatic carbocycles. The molecule has 3 heterocycles. The number of methoxy groups -OCH3 is 1. The van der Waals surface area contributed by atoms with Crippen molar-refractivity contribution in [3.05, 3.63) is 35.7 Å². The number of nitrogens with zero attached hydrogens (tertiary/aromatic N) is 3. The lowest BCUT2D eigenvalue weighted by molar-refractivity contribution is 0.0645. The van der Waals surface area contributed by atoms with Crippen LogP contribution in [0.3, 0.4) is 0 Å². The SMILES string of the molecule is CO[C@@H]1C[C@@H](c2ncc[nH]2)N(C(=O)c2cc(C(C)C)no2)C1. The number of likely N-dealkylation sites (tertiary alicyclic amines) is 1. The van der Waals surface area contributed by atoms with Crippen molar-refractivity contribution in [1.29, 1.82) is 0 Å². The summed E-state index contributed by atoms with van der Waals surface area (Å²) in [5, 5.41) is 3.96. The molecule has 0 radical (unpaired) electrons. The molecule has 2 aromatic heterocycles. The second-order valence-corrected chi connectivity index (χ2v) is 5.81. The number of hydrogen-bond donors (Lipinski definition) is 1. The molecule has 3 rings (SSSR count). The zero-order chi connectivity index (χ0) is 15.7. The van der Waals surface area contributed by atoms with Crippen LogP contribution in [-0.4, -0.2) is 45.7 Å². The highest BCUT2D eigenvalue weighted by atomic mass is 16.5. The minimum Gasteiger partial charge on any atom is -0.380 e. The van der Waals surface area contributed by atoms with E-state index in [4.69, 9.17) is 9.26 Å². The van der Waals surface area contributed by atoms with Crippen molar-refractivity contribution in [1.82, 2.24) is 20.0 Å². The van der Waals surface area contributed by atoms with Gasteiger partial charge in [-0.3, -0.25) is 4.79 Å². The smallest absolute Gasteiger partial charge is 0.293 e. The van der Waals surface area contributed by atoms with E-state index >= 15 is 0 Å². The number of carbonyl (C=O) groups is 1. The van der Waals surface area contributed by atoms with E-state index in [1.54, 1.807) is 30.5 Å². The molecule has 1 aliphatic rings. The number of aromatic nitrogens is 3. The highest BCUT2D eigenvalue weighted by Crippen LogP contribution is 2.33. The third-order valence-electron chi connectivity index (χ3n) is 4.02. The van der Waals surface area contributed by atoms with Gasteiger partial charge in [0, 0.05) is 38.5 Å². The van der Waals surface area contributed by atoms with Crippen LogP contribution in [0.2, 0.25) is 0 Å². The Kier molecular flexibility index (Phi) is 3.98. The van der Waals surface area contributed by atoms with Gasteiger partial charge in [-0.25, -0.2) is 4.98 Å². The second-order valence-electron chi connectivity index (χ2n) is 5.81. The number of rotatable bonds is 4. The largest absolute Gasteiger partial charge is 0.380 e. The van der Waals surface area contributed by atoms with Gasteiger partial charge in [0.15, 0.2) is 0 Å². The zero-order valence-corrected chi connectivity index (χ0v) is 12.9. The molecule has 22 heavy (non-hydrogen) atoms. The van der Waals surface area contributed by atoms with E-state index < -0.39 is 0 Å². The third kappa shape index (κ3) is 2.64. The van der Waals surface area contributed by atoms with Gasteiger partial charge in [-0.05, 0) is 5.92 Å². The minimum atomic E-state index is -0.180. The molecule has 0 saturated carbocycles. The maximum Gasteiger partial charge on any atom is 0.293 e. The molecule has 118 valence electrons. The summed E-state index contributed by atoms with van der Waals surface area (Å²) >= 11 is 0. The second kappa shape index (κ2) is 5.92. The summed E-state index contributed by atoms with van der Waals surface area (Å²) in [6, 6.07) is 1.58. The van der Waals surface area contributed by atoms with Gasteiger partial charge in [-0.2, -0.15) is 0 Å². The van der Waals surface area contributed by atoms with Gasteiger partial charge in [0.2, 0.25) is 5.76 Å². The highest BCUT2D eigenvalue weighted by molar-refractivity contribution is 5.92. The van der Waals surface area contributed by atoms with Crippen LogP contribution < -0.4 is 0 Å². The van der Waals surface area contributed by atoms with Crippen molar-refractivity contribution < 1.29 is 14.1 Å². The Morgan fingerprint density at radius 3 is 2.95 bits per heavy atom. The van der Waals surface area contributed by atoms with E-state index in [9.17, 15) is 4.79 Å². The summed E-state index contributed by atoms with van der Waals surface area (Å²) in [5.74, 6) is 1.06. The van der Waals surface area contributed by atoms with Gasteiger partial charge >= 0.3 is 0 Å². The number of hydrogen-bond acceptors (Lipinski definition) is 5. The number of H-pyrrole nitrogens is 1. The van der Waals surface area contributed by atoms with Crippen LogP contribution in [0.15, 0.2) is 23.0 Å². The first-order valence-electron chi connectivity index (χ1n) is 7.39. The fraction of sp³-hybridized carbons (Fsp3) is 0.533. The first-order chi connectivity index (χ1) is 10.6. The Balaban J connectivity index is 1.85. The van der Waals surface area contributed by atoms with Gasteiger partial charge in [0.05, 0.1) is 17.8 Å². The number of ether oxygens (including phenoxy) is 1. The summed E-state index contributed by atoms with van der Waals surface area (Å²) in [6.07, 6.45) is 4.14. The van der Waals surface area contributed by atoms with Gasteiger partial charge in [0.25, 0.3) is 5.91 Å². The van der Waals surface area contributed by atoms with Crippen molar-refractivity contribution in [2.45, 2.75) is 38.3 Å². The molecule has 2 atom stereocenters. The maximum atomic E-state index is 12.7. The van der Waals surface area contributed by atoms with Crippen LogP contribution >= 0.6 is 0 Å². The molecule has 0 aromatic carbocycles. The number of amides is 1. The molecule has 1 amide bonds. The number of nitrogens with one attached hydrogen (secondary N) is 1. The molecule has 7 heteroatoms. The van der Waals surface area contributed by atoms with Crippen LogP contribution in [0, 0.1) is 0 Å². The van der Waals surface area contributed by atoms with Crippen LogP contribution in [0.4, 0.5) is 0 Å². The van der Waals surface area contributed by atoms with Gasteiger partial charge < -0.3 is 19.1 Å². The summed E-state index contributed by atoms with van der Waals surface area (Å²) in [6.45, 7) is 4.53. The summed E-state index contributed by atoms with van der Waals surface area (Å²) in [4.78, 5) is 21.8. The Labute approximate surface area is 128 Å². The van der Waals surface area contributed by atoms with E-state index in [1.165, 1.54) is 0 Å². The summed E-state index contributed by atoms with van der Waals surface area (Å²) in [7, 11) is 1.66. The molecule has 0 unspecified atom stereocenters. The molecule has 2 aromatic rings. The van der Waals surface area contributed by atoms with Crippen molar-refractivity contribution in [3.8, 4) is 0 Å². The van der Waals surface area contributed by atoms with Crippen molar-refractivity contribution in [3.63, 3.8) is 0 Å². The van der Waals surface area contributed by atoms with Gasteiger partial charge in [0.1, 0.15) is 5.82 Å². The fourth-order valence-electron chi connectivity index (χ4n) is 2.71. The lowest BCUT2D eigenvalue weighted by atomic mass is 10.1. The molecule has 0 bridgehead atoms. The Morgan fingerprint density at radius 1 is 1.55 bits per heavy atom. The molecular weight excluding hydrogens is 284 g/mol. The quantitative estimate of drug-likeness (QED) is 0.935. The first kappa shape index (κ1) is 14.8. The Hall–Kier alpha value is -2.15. The topological polar surface area (TPSA) is 84.2 Å². The van der Waals surface area contributed by atoms with Crippen molar-refractivity contribution >= 4 is 5.91 Å². The maximum absolute atomic E-state index is 12.7. The van der Waals surface area contributed by atoms with Gasteiger partial charge in [-0.1, -0.05) is 19.0 Å². The molecule has 1 fully saturated rings. The highest BCUT2D eigenvalue weighted by Gasteiger charge is 2.39. The lowest BCUT2D eigenvalue weighted by Crippen LogP contribution is -2.32. The fourth-order valence-corrected chi connectivity index (χ4v) is 2.71. The summed E-state index contributed by atoms with van der Waals surface area (Å²) in [5.41, 5.74) is 0.778. The third-order valence-corrected chi connectivity index (χ3v) is 4.02. The molecule has 1 N–H and O–H groups in total. The first-order valence-corrected chi connectivity index (χ1v) is 7.39. The van der Waals surface area contributed by atoms with E-state index in [0.717, 1.165) is 11.5 Å². The van der Waals surface area contributed by atoms with Crippen molar-refractivity contribution in [2.75, 3.05) is 13.7 Å². The van der Waals surface area contributed by atoms with E-state index in [0.29, 0.717) is 13.0 Å². The lowest BCUT2D eigenvalue weighted by Gasteiger charge is -2.21. The number of carbonyl (C=O) groups excluding carboxylic acids is 1. The number of imidazole rings is 1. The molecule has 7 nitrogen and oxygen atoms in total. The average Bonchev–Trinajstić information content (AvgIpc) is 3.24. The van der Waals surface area contributed by atoms with Crippen LogP contribution in [0.5, 0.6) is 0 Å². The monoisotopic (exact) mass is 304 g/mol. The molecular formula is C15H20N4O3. The Bertz CT molecular complexity index is 635. The zero-order valence-electron chi connectivity index (χ0n) is 12.9. The van der Waals surface area contributed by atoms with Gasteiger partial charge in [-0.15, -0.1) is 0 Å². The predicted molar refractivity (Wildman–Crippen MR) is 78.4 cm³/mol. The Morgan fingerprint density at radius 2 is 2.36 bits per heavy atom.